The Kier molecular flexibility index (Phi) is 3.70. The molecule has 0 aliphatic heterocycles. The fourth-order valence-corrected chi connectivity index (χ4v) is 2.26. The third-order valence-corrected chi connectivity index (χ3v) is 3.25. The van der Waals surface area contributed by atoms with Gasteiger partial charge in [-0.25, -0.2) is 0 Å². The summed E-state index contributed by atoms with van der Waals surface area (Å²) in [6, 6.07) is 9.36. The van der Waals surface area contributed by atoms with E-state index < -0.39 is 12.3 Å². The molecule has 7 heteroatoms. The summed E-state index contributed by atoms with van der Waals surface area (Å²) in [6.07, 6.45) is -2.76. The van der Waals surface area contributed by atoms with E-state index in [9.17, 15) is 8.78 Å². The minimum absolute atomic E-state index is 0.158. The van der Waals surface area contributed by atoms with Gasteiger partial charge in [0.15, 0.2) is 0 Å². The lowest BCUT2D eigenvalue weighted by atomic mass is 10.1. The van der Waals surface area contributed by atoms with Gasteiger partial charge >= 0.3 is 6.43 Å². The van der Waals surface area contributed by atoms with Gasteiger partial charge in [-0.3, -0.25) is 4.68 Å². The topological polar surface area (TPSA) is 56.7 Å². The van der Waals surface area contributed by atoms with Crippen LogP contribution in [0.4, 0.5) is 8.78 Å². The Morgan fingerprint density at radius 3 is 2.68 bits per heavy atom. The smallest absolute Gasteiger partial charge is 0.315 e. The largest absolute Gasteiger partial charge is 0.333 e. The fraction of sp³-hybridized carbons (Fsp3) is 0.267. The summed E-state index contributed by atoms with van der Waals surface area (Å²) >= 11 is 0. The van der Waals surface area contributed by atoms with Crippen LogP contribution in [0, 0.1) is 13.8 Å². The minimum Gasteiger partial charge on any atom is -0.333 e. The zero-order chi connectivity index (χ0) is 15.7. The Hall–Kier alpha value is -2.57. The first kappa shape index (κ1) is 14.4. The molecule has 3 rings (SSSR count). The minimum atomic E-state index is -2.76. The number of halogens is 2. The van der Waals surface area contributed by atoms with Crippen LogP contribution in [-0.4, -0.2) is 19.9 Å². The molecule has 0 aliphatic rings. The fourth-order valence-electron chi connectivity index (χ4n) is 2.26. The van der Waals surface area contributed by atoms with Crippen LogP contribution >= 0.6 is 0 Å². The van der Waals surface area contributed by atoms with Crippen molar-refractivity contribution in [1.82, 2.24) is 19.9 Å². The average Bonchev–Trinajstić information content (AvgIpc) is 3.07. The second kappa shape index (κ2) is 5.67. The molecule has 5 nitrogen and oxygen atoms in total. The molecule has 0 bridgehead atoms. The van der Waals surface area contributed by atoms with Crippen LogP contribution in [0.15, 0.2) is 34.9 Å². The van der Waals surface area contributed by atoms with E-state index in [4.69, 9.17) is 0 Å². The van der Waals surface area contributed by atoms with Crippen molar-refractivity contribution in [3.8, 4) is 11.4 Å². The van der Waals surface area contributed by atoms with E-state index in [1.54, 1.807) is 6.07 Å². The lowest BCUT2D eigenvalue weighted by Gasteiger charge is -2.05. The molecular weight excluding hydrogens is 290 g/mol. The molecule has 0 atom stereocenters. The Labute approximate surface area is 125 Å². The molecule has 1 aromatic carbocycles. The van der Waals surface area contributed by atoms with Crippen molar-refractivity contribution in [3.63, 3.8) is 0 Å². The van der Waals surface area contributed by atoms with Gasteiger partial charge in [-0.05, 0) is 31.5 Å². The lowest BCUT2D eigenvalue weighted by Crippen LogP contribution is -2.04. The third-order valence-electron chi connectivity index (χ3n) is 3.25. The van der Waals surface area contributed by atoms with Crippen LogP contribution in [0.1, 0.15) is 29.3 Å². The maximum Gasteiger partial charge on any atom is 0.315 e. The predicted octanol–water partition coefficient (Wildman–Crippen LogP) is 3.54. The zero-order valence-electron chi connectivity index (χ0n) is 12.1. The number of aromatic nitrogens is 4. The molecule has 3 aromatic rings. The molecule has 22 heavy (non-hydrogen) atoms. The Morgan fingerprint density at radius 1 is 1.23 bits per heavy atom. The van der Waals surface area contributed by atoms with Gasteiger partial charge in [0.25, 0.3) is 5.89 Å². The SMILES string of the molecule is Cc1cc(C)n(Cc2cccc(-c3noc(C(F)F)n3)c2)n1. The number of aryl methyl sites for hydroxylation is 2. The van der Waals surface area contributed by atoms with Crippen molar-refractivity contribution < 1.29 is 13.3 Å². The first-order valence-corrected chi connectivity index (χ1v) is 6.75. The summed E-state index contributed by atoms with van der Waals surface area (Å²) in [5, 5.41) is 7.99. The van der Waals surface area contributed by atoms with Gasteiger partial charge in [0.05, 0.1) is 12.2 Å². The van der Waals surface area contributed by atoms with Gasteiger partial charge in [0.1, 0.15) is 0 Å². The van der Waals surface area contributed by atoms with Crippen molar-refractivity contribution in [2.45, 2.75) is 26.8 Å². The van der Waals surface area contributed by atoms with Gasteiger partial charge in [-0.15, -0.1) is 0 Å². The van der Waals surface area contributed by atoms with E-state index in [0.717, 1.165) is 17.0 Å². The second-order valence-electron chi connectivity index (χ2n) is 5.04. The Morgan fingerprint density at radius 2 is 2.05 bits per heavy atom. The van der Waals surface area contributed by atoms with Crippen LogP contribution in [0.2, 0.25) is 0 Å². The van der Waals surface area contributed by atoms with Crippen LogP contribution in [0.25, 0.3) is 11.4 Å². The van der Waals surface area contributed by atoms with Crippen molar-refractivity contribution in [2.24, 2.45) is 0 Å². The predicted molar refractivity (Wildman–Crippen MR) is 75.5 cm³/mol. The van der Waals surface area contributed by atoms with Crippen molar-refractivity contribution >= 4 is 0 Å². The molecule has 0 saturated carbocycles. The number of nitrogens with zero attached hydrogens (tertiary/aromatic N) is 4. The Bertz CT molecular complexity index is 794. The number of rotatable bonds is 4. The van der Waals surface area contributed by atoms with E-state index in [2.05, 4.69) is 19.8 Å². The van der Waals surface area contributed by atoms with Crippen LogP contribution in [0.3, 0.4) is 0 Å². The molecule has 0 spiro atoms. The molecule has 2 aromatic heterocycles. The molecule has 0 fully saturated rings. The van der Waals surface area contributed by atoms with Gasteiger partial charge in [0, 0.05) is 11.3 Å². The molecule has 0 unspecified atom stereocenters. The van der Waals surface area contributed by atoms with E-state index in [1.807, 2.05) is 42.8 Å². The first-order chi connectivity index (χ1) is 10.5. The van der Waals surface area contributed by atoms with E-state index in [-0.39, 0.29) is 5.82 Å². The number of hydrogen-bond acceptors (Lipinski definition) is 4. The van der Waals surface area contributed by atoms with E-state index >= 15 is 0 Å². The normalized spacial score (nSPS) is 11.3. The molecule has 0 aliphatic carbocycles. The summed E-state index contributed by atoms with van der Waals surface area (Å²) in [5.74, 6) is -0.510. The highest BCUT2D eigenvalue weighted by molar-refractivity contribution is 5.55. The molecule has 0 N–H and O–H groups in total. The molecule has 0 amide bonds. The monoisotopic (exact) mass is 304 g/mol. The first-order valence-electron chi connectivity index (χ1n) is 6.75. The van der Waals surface area contributed by atoms with Gasteiger partial charge in [0.2, 0.25) is 5.82 Å². The standard InChI is InChI=1S/C15H14F2N4O/c1-9-6-10(2)21(19-9)8-11-4-3-5-12(7-11)14-18-15(13(16)17)22-20-14/h3-7,13H,8H2,1-2H3. The average molecular weight is 304 g/mol. The van der Waals surface area contributed by atoms with Crippen LogP contribution in [-0.2, 0) is 6.54 Å². The summed E-state index contributed by atoms with van der Waals surface area (Å²) in [6.45, 7) is 4.51. The highest BCUT2D eigenvalue weighted by Crippen LogP contribution is 2.22. The summed E-state index contributed by atoms with van der Waals surface area (Å²) in [5.41, 5.74) is 3.62. The van der Waals surface area contributed by atoms with Crippen LogP contribution < -0.4 is 0 Å². The summed E-state index contributed by atoms with van der Waals surface area (Å²) in [4.78, 5) is 3.70. The van der Waals surface area contributed by atoms with E-state index in [1.165, 1.54) is 0 Å². The quantitative estimate of drug-likeness (QED) is 0.740. The molecule has 2 heterocycles. The maximum absolute atomic E-state index is 12.5. The van der Waals surface area contributed by atoms with Crippen LogP contribution in [0.5, 0.6) is 0 Å². The number of hydrogen-bond donors (Lipinski definition) is 0. The Balaban J connectivity index is 1.87. The highest BCUT2D eigenvalue weighted by atomic mass is 19.3. The van der Waals surface area contributed by atoms with E-state index in [0.29, 0.717) is 12.1 Å². The van der Waals surface area contributed by atoms with Crippen molar-refractivity contribution in [1.29, 1.82) is 0 Å². The zero-order valence-corrected chi connectivity index (χ0v) is 12.1. The summed E-state index contributed by atoms with van der Waals surface area (Å²) < 4.78 is 31.4. The summed E-state index contributed by atoms with van der Waals surface area (Å²) in [7, 11) is 0. The maximum atomic E-state index is 12.5. The third kappa shape index (κ3) is 2.88. The van der Waals surface area contributed by atoms with Gasteiger partial charge in [-0.2, -0.15) is 18.9 Å². The lowest BCUT2D eigenvalue weighted by molar-refractivity contribution is 0.106. The molecule has 114 valence electrons. The molecule has 0 saturated heterocycles. The molecular formula is C15H14F2N4O. The number of benzene rings is 1. The highest BCUT2D eigenvalue weighted by Gasteiger charge is 2.17. The number of alkyl halides is 2. The van der Waals surface area contributed by atoms with Gasteiger partial charge < -0.3 is 4.52 Å². The van der Waals surface area contributed by atoms with Crippen molar-refractivity contribution in [3.05, 3.63) is 53.2 Å². The van der Waals surface area contributed by atoms with Crippen molar-refractivity contribution in [2.75, 3.05) is 0 Å². The van der Waals surface area contributed by atoms with Gasteiger partial charge in [-0.1, -0.05) is 23.4 Å². The second-order valence-corrected chi connectivity index (χ2v) is 5.04. The molecule has 0 radical (unpaired) electrons.